The zero-order valence-electron chi connectivity index (χ0n) is 17.1. The number of para-hydroxylation sites is 1. The number of carbonyl (C=O) groups excluding carboxylic acids is 1. The summed E-state index contributed by atoms with van der Waals surface area (Å²) in [4.78, 5) is 21.8. The largest absolute Gasteiger partial charge is 0.497 e. The summed E-state index contributed by atoms with van der Waals surface area (Å²) in [6.07, 6.45) is 4.94. The highest BCUT2D eigenvalue weighted by atomic mass is 16.5. The maximum Gasteiger partial charge on any atom is 0.272 e. The van der Waals surface area contributed by atoms with Crippen LogP contribution in [0.1, 0.15) is 15.9 Å². The van der Waals surface area contributed by atoms with Crippen LogP contribution in [0.4, 0.5) is 0 Å². The number of nitrogens with one attached hydrogen (secondary N) is 1. The van der Waals surface area contributed by atoms with Crippen LogP contribution < -0.4 is 14.9 Å². The van der Waals surface area contributed by atoms with Crippen molar-refractivity contribution in [3.05, 3.63) is 84.2 Å². The van der Waals surface area contributed by atoms with Crippen LogP contribution in [0.25, 0.3) is 22.2 Å². The molecule has 0 unspecified atom stereocenters. The zero-order valence-corrected chi connectivity index (χ0v) is 17.1. The van der Waals surface area contributed by atoms with E-state index >= 15 is 0 Å². The molecule has 1 N–H and O–H groups in total. The molecule has 154 valence electrons. The Hall–Kier alpha value is -4.26. The van der Waals surface area contributed by atoms with Crippen LogP contribution in [-0.2, 0) is 0 Å². The van der Waals surface area contributed by atoms with E-state index in [1.54, 1.807) is 50.9 Å². The number of aromatic nitrogens is 2. The summed E-state index contributed by atoms with van der Waals surface area (Å²) < 4.78 is 10.6. The van der Waals surface area contributed by atoms with Gasteiger partial charge in [-0.25, -0.2) is 10.4 Å². The highest BCUT2D eigenvalue weighted by molar-refractivity contribution is 6.07. The minimum absolute atomic E-state index is 0.340. The van der Waals surface area contributed by atoms with E-state index in [0.717, 1.165) is 16.5 Å². The summed E-state index contributed by atoms with van der Waals surface area (Å²) in [5.74, 6) is 0.919. The molecule has 0 spiro atoms. The summed E-state index contributed by atoms with van der Waals surface area (Å²) in [7, 11) is 3.15. The first-order valence-electron chi connectivity index (χ1n) is 9.55. The fourth-order valence-electron chi connectivity index (χ4n) is 3.17. The molecule has 0 saturated heterocycles. The second-order valence-electron chi connectivity index (χ2n) is 6.62. The van der Waals surface area contributed by atoms with Gasteiger partial charge in [-0.15, -0.1) is 0 Å². The van der Waals surface area contributed by atoms with Gasteiger partial charge in [-0.2, -0.15) is 5.10 Å². The number of carbonyl (C=O) groups is 1. The summed E-state index contributed by atoms with van der Waals surface area (Å²) in [5, 5.41) is 4.85. The van der Waals surface area contributed by atoms with Gasteiger partial charge in [0.2, 0.25) is 0 Å². The monoisotopic (exact) mass is 412 g/mol. The lowest BCUT2D eigenvalue weighted by molar-refractivity contribution is 0.0956. The Morgan fingerprint density at radius 3 is 2.68 bits per heavy atom. The Bertz CT molecular complexity index is 1260. The van der Waals surface area contributed by atoms with E-state index < -0.39 is 0 Å². The van der Waals surface area contributed by atoms with E-state index in [2.05, 4.69) is 20.5 Å². The van der Waals surface area contributed by atoms with Gasteiger partial charge >= 0.3 is 0 Å². The van der Waals surface area contributed by atoms with E-state index in [0.29, 0.717) is 28.3 Å². The van der Waals surface area contributed by atoms with E-state index in [-0.39, 0.29) is 5.91 Å². The number of methoxy groups -OCH3 is 2. The van der Waals surface area contributed by atoms with Crippen LogP contribution in [0.2, 0.25) is 0 Å². The first-order valence-corrected chi connectivity index (χ1v) is 9.55. The average molecular weight is 412 g/mol. The Morgan fingerprint density at radius 1 is 1.03 bits per heavy atom. The third-order valence-corrected chi connectivity index (χ3v) is 4.73. The second kappa shape index (κ2) is 9.04. The van der Waals surface area contributed by atoms with Crippen LogP contribution in [0, 0.1) is 0 Å². The van der Waals surface area contributed by atoms with Gasteiger partial charge in [0, 0.05) is 35.0 Å². The Kier molecular flexibility index (Phi) is 5.84. The molecule has 0 fully saturated rings. The molecule has 7 heteroatoms. The Morgan fingerprint density at radius 2 is 1.90 bits per heavy atom. The molecule has 0 atom stereocenters. The molecular weight excluding hydrogens is 392 g/mol. The van der Waals surface area contributed by atoms with Gasteiger partial charge in [0.15, 0.2) is 0 Å². The van der Waals surface area contributed by atoms with Crippen molar-refractivity contribution in [2.45, 2.75) is 0 Å². The molecule has 0 aliphatic heterocycles. The number of ether oxygens (including phenoxy) is 2. The fraction of sp³-hybridized carbons (Fsp3) is 0.0833. The molecule has 2 heterocycles. The SMILES string of the molecule is COc1ccc(C=NNC(=O)c2cc(-c3cccnc3)nc3ccccc23)c(OC)c1. The van der Waals surface area contributed by atoms with Gasteiger partial charge in [0.25, 0.3) is 5.91 Å². The number of pyridine rings is 2. The summed E-state index contributed by atoms with van der Waals surface area (Å²) >= 11 is 0. The number of fused-ring (bicyclic) bond motifs is 1. The van der Waals surface area contributed by atoms with Gasteiger partial charge in [-0.3, -0.25) is 9.78 Å². The maximum atomic E-state index is 13.0. The highest BCUT2D eigenvalue weighted by Crippen LogP contribution is 2.25. The lowest BCUT2D eigenvalue weighted by Gasteiger charge is -2.09. The van der Waals surface area contributed by atoms with Crippen molar-refractivity contribution < 1.29 is 14.3 Å². The molecule has 0 aliphatic rings. The number of hydrogen-bond acceptors (Lipinski definition) is 6. The lowest BCUT2D eigenvalue weighted by Crippen LogP contribution is -2.18. The van der Waals surface area contributed by atoms with Gasteiger partial charge < -0.3 is 9.47 Å². The molecule has 2 aromatic carbocycles. The molecular formula is C24H20N4O3. The van der Waals surface area contributed by atoms with Gasteiger partial charge in [-0.1, -0.05) is 18.2 Å². The van der Waals surface area contributed by atoms with Crippen LogP contribution in [0.5, 0.6) is 11.5 Å². The fourth-order valence-corrected chi connectivity index (χ4v) is 3.17. The summed E-state index contributed by atoms with van der Waals surface area (Å²) in [6.45, 7) is 0. The summed E-state index contributed by atoms with van der Waals surface area (Å²) in [5.41, 5.74) is 5.99. The Labute approximate surface area is 179 Å². The molecule has 0 bridgehead atoms. The number of benzene rings is 2. The highest BCUT2D eigenvalue weighted by Gasteiger charge is 2.13. The minimum Gasteiger partial charge on any atom is -0.497 e. The topological polar surface area (TPSA) is 85.7 Å². The second-order valence-corrected chi connectivity index (χ2v) is 6.62. The Balaban J connectivity index is 1.64. The molecule has 4 rings (SSSR count). The minimum atomic E-state index is -0.340. The zero-order chi connectivity index (χ0) is 21.6. The maximum absolute atomic E-state index is 13.0. The van der Waals surface area contributed by atoms with Gasteiger partial charge in [0.05, 0.1) is 37.2 Å². The lowest BCUT2D eigenvalue weighted by atomic mass is 10.0. The number of hydrogen-bond donors (Lipinski definition) is 1. The van der Waals surface area contributed by atoms with Crippen molar-refractivity contribution in [1.29, 1.82) is 0 Å². The predicted octanol–water partition coefficient (Wildman–Crippen LogP) is 4.08. The molecule has 4 aromatic rings. The van der Waals surface area contributed by atoms with Crippen molar-refractivity contribution in [2.75, 3.05) is 14.2 Å². The van der Waals surface area contributed by atoms with Gasteiger partial charge in [0.1, 0.15) is 11.5 Å². The predicted molar refractivity (Wildman–Crippen MR) is 120 cm³/mol. The smallest absolute Gasteiger partial charge is 0.272 e. The van der Waals surface area contributed by atoms with Crippen LogP contribution >= 0.6 is 0 Å². The van der Waals surface area contributed by atoms with Crippen LogP contribution in [0.3, 0.4) is 0 Å². The van der Waals surface area contributed by atoms with Crippen molar-refractivity contribution in [2.24, 2.45) is 5.10 Å². The molecule has 2 aromatic heterocycles. The quantitative estimate of drug-likeness (QED) is 0.381. The number of amides is 1. The van der Waals surface area contributed by atoms with E-state index in [9.17, 15) is 4.79 Å². The van der Waals surface area contributed by atoms with E-state index in [1.807, 2.05) is 36.4 Å². The molecule has 0 aliphatic carbocycles. The number of hydrazone groups is 1. The third kappa shape index (κ3) is 4.35. The van der Waals surface area contributed by atoms with Crippen LogP contribution in [0.15, 0.2) is 78.2 Å². The average Bonchev–Trinajstić information content (AvgIpc) is 2.83. The molecule has 0 saturated carbocycles. The van der Waals surface area contributed by atoms with Crippen molar-refractivity contribution in [3.63, 3.8) is 0 Å². The number of rotatable bonds is 6. The van der Waals surface area contributed by atoms with Crippen molar-refractivity contribution in [1.82, 2.24) is 15.4 Å². The normalized spacial score (nSPS) is 10.9. The van der Waals surface area contributed by atoms with Crippen molar-refractivity contribution in [3.8, 4) is 22.8 Å². The van der Waals surface area contributed by atoms with Gasteiger partial charge in [-0.05, 0) is 36.4 Å². The molecule has 1 amide bonds. The van der Waals surface area contributed by atoms with E-state index in [4.69, 9.17) is 9.47 Å². The standard InChI is InChI=1S/C24H20N4O3/c1-30-18-10-9-17(23(12-18)31-2)15-26-28-24(29)20-13-22(16-6-5-11-25-14-16)27-21-8-4-3-7-19(20)21/h3-15H,1-2H3,(H,28,29). The molecule has 31 heavy (non-hydrogen) atoms. The first-order chi connectivity index (χ1) is 15.2. The summed E-state index contributed by atoms with van der Waals surface area (Å²) in [6, 6.07) is 18.3. The third-order valence-electron chi connectivity index (χ3n) is 4.73. The first kappa shape index (κ1) is 20.0. The molecule has 7 nitrogen and oxygen atoms in total. The van der Waals surface area contributed by atoms with Crippen LogP contribution in [-0.4, -0.2) is 36.3 Å². The molecule has 0 radical (unpaired) electrons. The van der Waals surface area contributed by atoms with Crippen molar-refractivity contribution >= 4 is 23.0 Å². The van der Waals surface area contributed by atoms with E-state index in [1.165, 1.54) is 6.21 Å². The number of nitrogens with zero attached hydrogens (tertiary/aromatic N) is 3.